The highest BCUT2D eigenvalue weighted by Crippen LogP contribution is 2.23. The Morgan fingerprint density at radius 1 is 1.33 bits per heavy atom. The van der Waals surface area contributed by atoms with E-state index < -0.39 is 0 Å². The lowest BCUT2D eigenvalue weighted by Gasteiger charge is -2.31. The third-order valence-electron chi connectivity index (χ3n) is 4.11. The van der Waals surface area contributed by atoms with Crippen LogP contribution in [0.2, 0.25) is 0 Å². The first-order valence-electron chi connectivity index (χ1n) is 7.51. The second-order valence-electron chi connectivity index (χ2n) is 5.95. The van der Waals surface area contributed by atoms with Crippen LogP contribution in [0.3, 0.4) is 0 Å². The van der Waals surface area contributed by atoms with Crippen molar-refractivity contribution in [3.8, 4) is 0 Å². The van der Waals surface area contributed by atoms with Crippen LogP contribution in [-0.2, 0) is 9.53 Å². The summed E-state index contributed by atoms with van der Waals surface area (Å²) in [4.78, 5) is 14.5. The molecule has 21 heavy (non-hydrogen) atoms. The van der Waals surface area contributed by atoms with E-state index in [4.69, 9.17) is 10.5 Å². The Labute approximate surface area is 140 Å². The number of ether oxygens (including phenoxy) is 1. The molecule has 2 fully saturated rings. The molecule has 1 saturated carbocycles. The Kier molecular flexibility index (Phi) is 10.6. The minimum absolute atomic E-state index is 0. The van der Waals surface area contributed by atoms with Crippen molar-refractivity contribution in [2.24, 2.45) is 11.7 Å². The molecule has 1 heterocycles. The quantitative estimate of drug-likeness (QED) is 0.805. The molecule has 1 aliphatic heterocycles. The Hall–Kier alpha value is -0.0700. The smallest absolute Gasteiger partial charge is 0.223 e. The molecule has 0 spiro atoms. The molecule has 1 aliphatic carbocycles. The first-order chi connectivity index (χ1) is 9.15. The molecule has 0 aromatic rings. The third-order valence-corrected chi connectivity index (χ3v) is 4.11. The number of carbonyl (C=O) groups excluding carboxylic acids is 1. The summed E-state index contributed by atoms with van der Waals surface area (Å²) in [6, 6.07) is 0.405. The molecule has 2 aliphatic rings. The molecule has 7 heteroatoms. The fourth-order valence-electron chi connectivity index (χ4n) is 3.04. The molecule has 126 valence electrons. The van der Waals surface area contributed by atoms with E-state index in [0.29, 0.717) is 0 Å². The zero-order valence-corrected chi connectivity index (χ0v) is 14.4. The van der Waals surface area contributed by atoms with E-state index in [1.165, 1.54) is 0 Å². The second-order valence-corrected chi connectivity index (χ2v) is 5.95. The first kappa shape index (κ1) is 20.9. The van der Waals surface area contributed by atoms with Gasteiger partial charge in [0.25, 0.3) is 0 Å². The highest BCUT2D eigenvalue weighted by Gasteiger charge is 2.26. The van der Waals surface area contributed by atoms with Gasteiger partial charge in [0, 0.05) is 37.6 Å². The number of hydrogen-bond acceptors (Lipinski definition) is 4. The Balaban J connectivity index is 0.00000200. The number of carbonyl (C=O) groups is 1. The number of nitrogens with one attached hydrogen (secondary N) is 1. The fraction of sp³-hybridized carbons (Fsp3) is 0.929. The van der Waals surface area contributed by atoms with Crippen molar-refractivity contribution in [1.82, 2.24) is 10.2 Å². The lowest BCUT2D eigenvalue weighted by Crippen LogP contribution is -2.48. The van der Waals surface area contributed by atoms with Crippen molar-refractivity contribution >= 4 is 30.7 Å². The molecule has 3 N–H and O–H groups in total. The van der Waals surface area contributed by atoms with E-state index in [0.717, 1.165) is 58.5 Å². The molecule has 3 unspecified atom stereocenters. The largest absolute Gasteiger partial charge is 0.379 e. The summed E-state index contributed by atoms with van der Waals surface area (Å²) in [5, 5.41) is 3.14. The maximum Gasteiger partial charge on any atom is 0.223 e. The molecular weight excluding hydrogens is 313 g/mol. The van der Waals surface area contributed by atoms with Crippen molar-refractivity contribution in [2.45, 2.75) is 44.7 Å². The number of nitrogens with zero attached hydrogens (tertiary/aromatic N) is 1. The van der Waals surface area contributed by atoms with Gasteiger partial charge in [0.15, 0.2) is 0 Å². The van der Waals surface area contributed by atoms with Gasteiger partial charge < -0.3 is 15.8 Å². The van der Waals surface area contributed by atoms with Crippen molar-refractivity contribution in [3.05, 3.63) is 0 Å². The Bertz CT molecular complexity index is 302. The number of rotatable bonds is 4. The van der Waals surface area contributed by atoms with E-state index in [1.807, 2.05) is 0 Å². The minimum Gasteiger partial charge on any atom is -0.379 e. The average molecular weight is 342 g/mol. The number of hydrogen-bond donors (Lipinski definition) is 2. The summed E-state index contributed by atoms with van der Waals surface area (Å²) < 4.78 is 5.33. The summed E-state index contributed by atoms with van der Waals surface area (Å²) in [7, 11) is 0. The summed E-state index contributed by atoms with van der Waals surface area (Å²) in [5.41, 5.74) is 5.94. The predicted octanol–water partition coefficient (Wildman–Crippen LogP) is 1.18. The first-order valence-corrected chi connectivity index (χ1v) is 7.51. The van der Waals surface area contributed by atoms with Gasteiger partial charge in [0.1, 0.15) is 0 Å². The monoisotopic (exact) mass is 341 g/mol. The molecule has 3 atom stereocenters. The van der Waals surface area contributed by atoms with E-state index in [2.05, 4.69) is 17.1 Å². The van der Waals surface area contributed by atoms with Gasteiger partial charge in [0.05, 0.1) is 13.2 Å². The van der Waals surface area contributed by atoms with Gasteiger partial charge in [-0.3, -0.25) is 9.69 Å². The lowest BCUT2D eigenvalue weighted by atomic mass is 9.85. The maximum absolute atomic E-state index is 12.2. The zero-order valence-electron chi connectivity index (χ0n) is 12.8. The van der Waals surface area contributed by atoms with E-state index >= 15 is 0 Å². The van der Waals surface area contributed by atoms with Gasteiger partial charge >= 0.3 is 0 Å². The van der Waals surface area contributed by atoms with Crippen LogP contribution in [0.5, 0.6) is 0 Å². The summed E-state index contributed by atoms with van der Waals surface area (Å²) in [6.07, 6.45) is 3.98. The number of nitrogens with two attached hydrogens (primary N) is 1. The van der Waals surface area contributed by atoms with Crippen LogP contribution in [-0.4, -0.2) is 55.7 Å². The second kappa shape index (κ2) is 10.6. The molecule has 1 amide bonds. The normalized spacial score (nSPS) is 27.9. The van der Waals surface area contributed by atoms with Crippen molar-refractivity contribution in [2.75, 3.05) is 32.8 Å². The van der Waals surface area contributed by atoms with Gasteiger partial charge in [0.2, 0.25) is 5.91 Å². The van der Waals surface area contributed by atoms with Crippen molar-refractivity contribution in [1.29, 1.82) is 0 Å². The van der Waals surface area contributed by atoms with Crippen LogP contribution in [0.25, 0.3) is 0 Å². The Morgan fingerprint density at radius 3 is 2.62 bits per heavy atom. The van der Waals surface area contributed by atoms with Crippen LogP contribution >= 0.6 is 24.8 Å². The van der Waals surface area contributed by atoms with Gasteiger partial charge in [-0.1, -0.05) is 6.42 Å². The van der Waals surface area contributed by atoms with E-state index in [1.54, 1.807) is 0 Å². The number of halogens is 2. The molecular formula is C14H29Cl2N3O2. The molecule has 1 saturated heterocycles. The van der Waals surface area contributed by atoms with Crippen LogP contribution < -0.4 is 11.1 Å². The van der Waals surface area contributed by atoms with Crippen LogP contribution in [0.1, 0.15) is 32.6 Å². The van der Waals surface area contributed by atoms with Gasteiger partial charge in [-0.05, 0) is 26.2 Å². The fourth-order valence-corrected chi connectivity index (χ4v) is 3.04. The summed E-state index contributed by atoms with van der Waals surface area (Å²) >= 11 is 0. The van der Waals surface area contributed by atoms with Crippen molar-refractivity contribution in [3.63, 3.8) is 0 Å². The molecule has 0 radical (unpaired) electrons. The predicted molar refractivity (Wildman–Crippen MR) is 89.3 cm³/mol. The average Bonchev–Trinajstić information content (AvgIpc) is 2.39. The maximum atomic E-state index is 12.2. The molecule has 5 nitrogen and oxygen atoms in total. The van der Waals surface area contributed by atoms with Crippen LogP contribution in [0.15, 0.2) is 0 Å². The number of amides is 1. The van der Waals surface area contributed by atoms with Gasteiger partial charge in [-0.2, -0.15) is 0 Å². The molecule has 0 aromatic carbocycles. The molecule has 0 bridgehead atoms. The third kappa shape index (κ3) is 7.15. The van der Waals surface area contributed by atoms with Crippen molar-refractivity contribution < 1.29 is 9.53 Å². The highest BCUT2D eigenvalue weighted by atomic mass is 35.5. The zero-order chi connectivity index (χ0) is 13.7. The van der Waals surface area contributed by atoms with Gasteiger partial charge in [-0.25, -0.2) is 0 Å². The Morgan fingerprint density at radius 2 is 2.00 bits per heavy atom. The SMILES string of the molecule is CC(CN1CCOCC1)NC(=O)C1CCCC(N)C1.Cl.Cl. The van der Waals surface area contributed by atoms with E-state index in [-0.39, 0.29) is 48.7 Å². The topological polar surface area (TPSA) is 67.6 Å². The number of morpholine rings is 1. The molecule has 0 aromatic heterocycles. The van der Waals surface area contributed by atoms with Crippen LogP contribution in [0, 0.1) is 5.92 Å². The molecule has 2 rings (SSSR count). The van der Waals surface area contributed by atoms with E-state index in [9.17, 15) is 4.79 Å². The lowest BCUT2D eigenvalue weighted by molar-refractivity contribution is -0.126. The van der Waals surface area contributed by atoms with Gasteiger partial charge in [-0.15, -0.1) is 24.8 Å². The standard InChI is InChI=1S/C14H27N3O2.2ClH/c1-11(10-17-5-7-19-8-6-17)16-14(18)12-3-2-4-13(15)9-12;;/h11-13H,2-10,15H2,1H3,(H,16,18);2*1H. The summed E-state index contributed by atoms with van der Waals surface area (Å²) in [6.45, 7) is 6.53. The highest BCUT2D eigenvalue weighted by molar-refractivity contribution is 5.85. The van der Waals surface area contributed by atoms with Crippen LogP contribution in [0.4, 0.5) is 0 Å². The summed E-state index contributed by atoms with van der Waals surface area (Å²) in [5.74, 6) is 0.312. The minimum atomic E-state index is 0.